The van der Waals surface area contributed by atoms with Crippen LogP contribution in [0.4, 0.5) is 5.82 Å². The molecule has 2 bridgehead atoms. The second-order valence-electron chi connectivity index (χ2n) is 10.4. The van der Waals surface area contributed by atoms with Crippen molar-refractivity contribution in [2.24, 2.45) is 5.92 Å². The molecule has 10 atom stereocenters. The summed E-state index contributed by atoms with van der Waals surface area (Å²) in [6, 6.07) is -0.911. The number of imidazole rings is 2. The van der Waals surface area contributed by atoms with Crippen LogP contribution in [0.1, 0.15) is 18.7 Å². The van der Waals surface area contributed by atoms with Gasteiger partial charge in [-0.3, -0.25) is 27.5 Å². The van der Waals surface area contributed by atoms with Crippen LogP contribution in [-0.2, 0) is 32.2 Å². The first-order valence-corrected chi connectivity index (χ1v) is 16.3. The lowest BCUT2D eigenvalue weighted by Crippen LogP contribution is -2.35. The van der Waals surface area contributed by atoms with E-state index >= 15 is 0 Å². The Balaban J connectivity index is 1.20. The molecule has 6 heterocycles. The van der Waals surface area contributed by atoms with Gasteiger partial charge in [0.05, 0.1) is 37.7 Å². The van der Waals surface area contributed by atoms with Gasteiger partial charge in [0.2, 0.25) is 0 Å². The number of fused-ring (bicyclic) bond motifs is 5. The average Bonchev–Trinajstić information content (AvgIpc) is 3.73. The molecule has 7 N–H and O–H groups in total. The van der Waals surface area contributed by atoms with Crippen molar-refractivity contribution < 1.29 is 52.2 Å². The van der Waals surface area contributed by atoms with Crippen molar-refractivity contribution in [3.05, 3.63) is 35.7 Å². The summed E-state index contributed by atoms with van der Waals surface area (Å²) < 4.78 is 56.3. The first kappa shape index (κ1) is 29.5. The van der Waals surface area contributed by atoms with Crippen molar-refractivity contribution >= 4 is 43.6 Å². The Bertz CT molecular complexity index is 1880. The van der Waals surface area contributed by atoms with Crippen LogP contribution < -0.4 is 11.3 Å². The van der Waals surface area contributed by atoms with Gasteiger partial charge in [0.1, 0.15) is 24.1 Å². The molecule has 0 spiro atoms. The second-order valence-corrected chi connectivity index (χ2v) is 13.6. The summed E-state index contributed by atoms with van der Waals surface area (Å²) in [5, 5.41) is 22.2. The highest BCUT2D eigenvalue weighted by atomic mass is 31.2. The third-order valence-corrected chi connectivity index (χ3v) is 9.73. The van der Waals surface area contributed by atoms with Crippen LogP contribution in [0.25, 0.3) is 22.3 Å². The van der Waals surface area contributed by atoms with Crippen molar-refractivity contribution in [1.29, 1.82) is 0 Å². The number of anilines is 1. The van der Waals surface area contributed by atoms with Gasteiger partial charge in [-0.1, -0.05) is 0 Å². The van der Waals surface area contributed by atoms with Crippen LogP contribution in [0.2, 0.25) is 0 Å². The van der Waals surface area contributed by atoms with Gasteiger partial charge >= 0.3 is 15.4 Å². The van der Waals surface area contributed by atoms with Gasteiger partial charge in [0.15, 0.2) is 47.6 Å². The summed E-state index contributed by atoms with van der Waals surface area (Å²) in [5.74, 6) is -0.879. The van der Waals surface area contributed by atoms with Crippen molar-refractivity contribution in [2.45, 2.75) is 49.4 Å². The standard InChI is InChI=1S/C21H25N9O12P2/c22-16-10-17(24-3-23-16)30(6-27-10)20-13(32)15-21(40-20)38-7-43(34,35)41-14-9(1-8(12(14)31)2-39-44(36,37)42-15)29-5-28-11-18(29)25-4-26-19(11)33/h3-6,8-9,12-15,20-21,31-32H,1-2,7H2,(H,34,35)(H,36,37)(H2,22,23,24)(H,25,26,33)/t8-,9-,12?,13?,14?,15?,20-,21+/m1/s1. The Hall–Kier alpha value is -3.20. The van der Waals surface area contributed by atoms with Crippen LogP contribution in [0, 0.1) is 5.92 Å². The van der Waals surface area contributed by atoms with E-state index in [4.69, 9.17) is 28.8 Å². The van der Waals surface area contributed by atoms with E-state index in [9.17, 15) is 33.9 Å². The van der Waals surface area contributed by atoms with E-state index in [-0.39, 0.29) is 34.6 Å². The molecule has 3 fully saturated rings. The first-order chi connectivity index (χ1) is 20.9. The number of phosphoric ester groups is 1. The first-order valence-electron chi connectivity index (χ1n) is 13.0. The molecule has 7 rings (SSSR count). The van der Waals surface area contributed by atoms with E-state index < -0.39 is 82.8 Å². The molecule has 2 saturated heterocycles. The van der Waals surface area contributed by atoms with Crippen LogP contribution in [0.15, 0.2) is 30.1 Å². The van der Waals surface area contributed by atoms with Crippen molar-refractivity contribution in [2.75, 3.05) is 18.7 Å². The minimum atomic E-state index is -4.99. The number of nitrogens with one attached hydrogen (secondary N) is 1. The largest absolute Gasteiger partial charge is 0.472 e. The molecule has 0 radical (unpaired) electrons. The number of aromatic amines is 1. The van der Waals surface area contributed by atoms with Crippen molar-refractivity contribution in [3.8, 4) is 0 Å². The summed E-state index contributed by atoms with van der Waals surface area (Å²) in [6.07, 6.45) is -5.64. The molecule has 2 aliphatic heterocycles. The smallest absolute Gasteiger partial charge is 0.390 e. The topological polar surface area (TPSA) is 294 Å². The summed E-state index contributed by atoms with van der Waals surface area (Å²) >= 11 is 0. The van der Waals surface area contributed by atoms with Crippen LogP contribution in [0.3, 0.4) is 0 Å². The van der Waals surface area contributed by atoms with Gasteiger partial charge in [0.25, 0.3) is 5.56 Å². The Labute approximate surface area is 244 Å². The predicted molar refractivity (Wildman–Crippen MR) is 142 cm³/mol. The van der Waals surface area contributed by atoms with Gasteiger partial charge < -0.3 is 44.8 Å². The maximum atomic E-state index is 13.3. The molecule has 1 saturated carbocycles. The van der Waals surface area contributed by atoms with Crippen molar-refractivity contribution in [1.82, 2.24) is 39.0 Å². The fourth-order valence-corrected chi connectivity index (χ4v) is 7.68. The maximum Gasteiger partial charge on any atom is 0.472 e. The zero-order chi connectivity index (χ0) is 31.0. The van der Waals surface area contributed by atoms with Crippen molar-refractivity contribution in [3.63, 3.8) is 0 Å². The fourth-order valence-electron chi connectivity index (χ4n) is 5.67. The maximum absolute atomic E-state index is 13.3. The number of ether oxygens (including phenoxy) is 2. The Kier molecular flexibility index (Phi) is 7.18. The molecular weight excluding hydrogens is 632 g/mol. The highest BCUT2D eigenvalue weighted by molar-refractivity contribution is 7.52. The predicted octanol–water partition coefficient (Wildman–Crippen LogP) is -1.26. The molecule has 21 nitrogen and oxygen atoms in total. The van der Waals surface area contributed by atoms with E-state index in [1.165, 1.54) is 21.8 Å². The highest BCUT2D eigenvalue weighted by Gasteiger charge is 2.53. The normalized spacial score (nSPS) is 38.3. The number of H-pyrrole nitrogens is 1. The van der Waals surface area contributed by atoms with E-state index in [0.717, 1.165) is 12.7 Å². The zero-order valence-electron chi connectivity index (χ0n) is 22.2. The second kappa shape index (κ2) is 10.7. The zero-order valence-corrected chi connectivity index (χ0v) is 24.0. The lowest BCUT2D eigenvalue weighted by Gasteiger charge is -2.27. The number of nitrogens with zero attached hydrogens (tertiary/aromatic N) is 7. The highest BCUT2D eigenvalue weighted by Crippen LogP contribution is 2.54. The van der Waals surface area contributed by atoms with Crippen LogP contribution in [0.5, 0.6) is 0 Å². The van der Waals surface area contributed by atoms with Gasteiger partial charge in [0, 0.05) is 5.92 Å². The van der Waals surface area contributed by atoms with Crippen LogP contribution in [-0.4, -0.2) is 103 Å². The third kappa shape index (κ3) is 5.05. The van der Waals surface area contributed by atoms with E-state index in [1.807, 2.05) is 0 Å². The Morgan fingerprint density at radius 3 is 2.52 bits per heavy atom. The number of nitrogen functional groups attached to an aromatic ring is 1. The molecular formula is C21H25N9O12P2. The number of hydrogen-bond donors (Lipinski definition) is 6. The molecule has 3 aliphatic rings. The monoisotopic (exact) mass is 657 g/mol. The summed E-state index contributed by atoms with van der Waals surface area (Å²) in [6.45, 7) is -0.567. The number of nitrogens with two attached hydrogens (primary N) is 1. The molecule has 44 heavy (non-hydrogen) atoms. The lowest BCUT2D eigenvalue weighted by molar-refractivity contribution is -0.166. The minimum absolute atomic E-state index is 0.00874. The van der Waals surface area contributed by atoms with Gasteiger partial charge in [-0.15, -0.1) is 0 Å². The minimum Gasteiger partial charge on any atom is -0.390 e. The summed E-state index contributed by atoms with van der Waals surface area (Å²) in [7, 11) is -9.71. The number of hydrogen-bond acceptors (Lipinski definition) is 16. The van der Waals surface area contributed by atoms with Gasteiger partial charge in [-0.2, -0.15) is 0 Å². The molecule has 1 aliphatic carbocycles. The van der Waals surface area contributed by atoms with E-state index in [2.05, 4.69) is 29.9 Å². The SMILES string of the molecule is Nc1ncnc2c1ncn2[C@@H]1O[C@@H]2OCP(=O)(O)OC3C(O)[C@@H](COP(=O)(O)OC2C1O)C[C@H]3n1cnc2c(=O)[nH]cnc21. The Morgan fingerprint density at radius 1 is 0.955 bits per heavy atom. The van der Waals surface area contributed by atoms with E-state index in [0.29, 0.717) is 0 Å². The Morgan fingerprint density at radius 2 is 1.70 bits per heavy atom. The summed E-state index contributed by atoms with van der Waals surface area (Å²) in [4.78, 5) is 56.2. The fraction of sp³-hybridized carbons (Fsp3) is 0.524. The number of phosphoric acid groups is 1. The van der Waals surface area contributed by atoms with Gasteiger partial charge in [-0.25, -0.2) is 29.5 Å². The number of aromatic nitrogens is 8. The molecule has 4 aromatic rings. The molecule has 0 aromatic carbocycles. The molecule has 6 unspecified atom stereocenters. The third-order valence-electron chi connectivity index (χ3n) is 7.69. The van der Waals surface area contributed by atoms with Crippen LogP contribution >= 0.6 is 15.4 Å². The number of aliphatic hydroxyl groups excluding tert-OH is 2. The molecule has 236 valence electrons. The number of rotatable bonds is 2. The quantitative estimate of drug-likeness (QED) is 0.137. The van der Waals surface area contributed by atoms with E-state index in [1.54, 1.807) is 0 Å². The van der Waals surface area contributed by atoms with Gasteiger partial charge in [-0.05, 0) is 6.42 Å². The molecule has 0 amide bonds. The molecule has 4 aromatic heterocycles. The lowest BCUT2D eigenvalue weighted by atomic mass is 10.1. The average molecular weight is 657 g/mol. The number of aliphatic hydroxyl groups is 2. The summed E-state index contributed by atoms with van der Waals surface area (Å²) in [5.41, 5.74) is 5.74. The molecule has 23 heteroatoms.